The summed E-state index contributed by atoms with van der Waals surface area (Å²) in [7, 11) is 0. The molecule has 1 aromatic heterocycles. The van der Waals surface area contributed by atoms with Gasteiger partial charge in [0.1, 0.15) is 5.82 Å². The Bertz CT molecular complexity index is 597. The zero-order valence-electron chi connectivity index (χ0n) is 10.5. The number of rotatable bonds is 3. The van der Waals surface area contributed by atoms with E-state index in [0.29, 0.717) is 15.9 Å². The van der Waals surface area contributed by atoms with Crippen molar-refractivity contribution in [1.29, 1.82) is 0 Å². The van der Waals surface area contributed by atoms with Gasteiger partial charge in [0.25, 0.3) is 0 Å². The lowest BCUT2D eigenvalue weighted by Gasteiger charge is -2.10. The van der Waals surface area contributed by atoms with Gasteiger partial charge in [0.2, 0.25) is 0 Å². The lowest BCUT2D eigenvalue weighted by molar-refractivity contribution is 1.06. The molecule has 2 rings (SSSR count). The van der Waals surface area contributed by atoms with E-state index in [-0.39, 0.29) is 0 Å². The average Bonchev–Trinajstić information content (AvgIpc) is 2.33. The largest absolute Gasteiger partial charge is 0.369 e. The molecule has 2 aromatic rings. The van der Waals surface area contributed by atoms with Gasteiger partial charge in [-0.25, -0.2) is 9.97 Å². The summed E-state index contributed by atoms with van der Waals surface area (Å²) < 4.78 is 1.02. The van der Waals surface area contributed by atoms with Crippen LogP contribution in [0.2, 0.25) is 10.0 Å². The van der Waals surface area contributed by atoms with Crippen molar-refractivity contribution in [3.05, 3.63) is 37.5 Å². The number of benzene rings is 1. The van der Waals surface area contributed by atoms with Crippen molar-refractivity contribution < 1.29 is 0 Å². The fraction of sp³-hybridized carbons (Fsp3) is 0.231. The molecule has 0 fully saturated rings. The third kappa shape index (κ3) is 3.49. The Kier molecular flexibility index (Phi) is 4.86. The first-order valence-corrected chi connectivity index (χ1v) is 7.59. The van der Waals surface area contributed by atoms with Crippen molar-refractivity contribution in [3.63, 3.8) is 0 Å². The van der Waals surface area contributed by atoms with Crippen molar-refractivity contribution in [1.82, 2.24) is 9.97 Å². The number of aromatic nitrogens is 2. The Morgan fingerprint density at radius 2 is 1.79 bits per heavy atom. The van der Waals surface area contributed by atoms with E-state index >= 15 is 0 Å². The van der Waals surface area contributed by atoms with Gasteiger partial charge >= 0.3 is 0 Å². The topological polar surface area (TPSA) is 37.8 Å². The second-order valence-corrected chi connectivity index (χ2v) is 5.94. The quantitative estimate of drug-likeness (QED) is 0.743. The van der Waals surface area contributed by atoms with Gasteiger partial charge in [0, 0.05) is 22.2 Å². The number of anilines is 1. The smallest absolute Gasteiger partial charge is 0.161 e. The summed E-state index contributed by atoms with van der Waals surface area (Å²) in [6, 6.07) is 5.31. The second-order valence-electron chi connectivity index (χ2n) is 3.98. The predicted octanol–water partition coefficient (Wildman–Crippen LogP) is 4.80. The van der Waals surface area contributed by atoms with E-state index < -0.39 is 0 Å². The van der Waals surface area contributed by atoms with Crippen LogP contribution in [0.1, 0.15) is 12.6 Å². The van der Waals surface area contributed by atoms with Crippen LogP contribution in [0.3, 0.4) is 0 Å². The van der Waals surface area contributed by atoms with Gasteiger partial charge in [0.15, 0.2) is 5.82 Å². The van der Waals surface area contributed by atoms with E-state index in [0.717, 1.165) is 27.2 Å². The maximum Gasteiger partial charge on any atom is 0.161 e. The Balaban J connectivity index is 2.55. The molecule has 0 saturated heterocycles. The summed E-state index contributed by atoms with van der Waals surface area (Å²) in [6.45, 7) is 4.80. The maximum absolute atomic E-state index is 6.01. The van der Waals surface area contributed by atoms with Crippen LogP contribution in [0.4, 0.5) is 5.82 Å². The molecule has 100 valence electrons. The van der Waals surface area contributed by atoms with Gasteiger partial charge in [-0.2, -0.15) is 0 Å². The second kappa shape index (κ2) is 6.24. The van der Waals surface area contributed by atoms with Gasteiger partial charge in [0.05, 0.1) is 9.26 Å². The molecule has 0 atom stereocenters. The van der Waals surface area contributed by atoms with Gasteiger partial charge in [-0.3, -0.25) is 0 Å². The molecule has 1 aromatic carbocycles. The summed E-state index contributed by atoms with van der Waals surface area (Å²) in [6.07, 6.45) is 0. The third-order valence-electron chi connectivity index (χ3n) is 2.48. The first-order valence-electron chi connectivity index (χ1n) is 5.75. The molecule has 1 N–H and O–H groups in total. The molecule has 19 heavy (non-hydrogen) atoms. The molecule has 0 amide bonds. The van der Waals surface area contributed by atoms with Crippen molar-refractivity contribution in [2.45, 2.75) is 13.8 Å². The van der Waals surface area contributed by atoms with Gasteiger partial charge in [-0.05, 0) is 54.6 Å². The van der Waals surface area contributed by atoms with Gasteiger partial charge < -0.3 is 5.32 Å². The molecule has 0 aliphatic heterocycles. The summed E-state index contributed by atoms with van der Waals surface area (Å²) >= 11 is 14.3. The minimum Gasteiger partial charge on any atom is -0.369 e. The Labute approximate surface area is 135 Å². The molecule has 0 aliphatic rings. The number of nitrogens with zero attached hydrogens (tertiary/aromatic N) is 2. The summed E-state index contributed by atoms with van der Waals surface area (Å²) in [5.74, 6) is 1.46. The summed E-state index contributed by atoms with van der Waals surface area (Å²) in [5, 5.41) is 4.38. The minimum absolute atomic E-state index is 0.576. The van der Waals surface area contributed by atoms with E-state index in [1.807, 2.05) is 26.0 Å². The Morgan fingerprint density at radius 3 is 2.37 bits per heavy atom. The normalized spacial score (nSPS) is 10.6. The Hall–Kier alpha value is -0.590. The predicted molar refractivity (Wildman–Crippen MR) is 89.1 cm³/mol. The third-order valence-corrected chi connectivity index (χ3v) is 4.21. The van der Waals surface area contributed by atoms with Crippen LogP contribution >= 0.6 is 45.8 Å². The van der Waals surface area contributed by atoms with Crippen LogP contribution in [0.25, 0.3) is 11.4 Å². The molecular weight excluding hydrogens is 396 g/mol. The van der Waals surface area contributed by atoms with Crippen LogP contribution in [0, 0.1) is 10.5 Å². The van der Waals surface area contributed by atoms with E-state index in [1.54, 1.807) is 6.07 Å². The van der Waals surface area contributed by atoms with Gasteiger partial charge in [-0.1, -0.05) is 23.2 Å². The molecule has 0 aliphatic carbocycles. The molecule has 6 heteroatoms. The maximum atomic E-state index is 6.01. The summed E-state index contributed by atoms with van der Waals surface area (Å²) in [4.78, 5) is 9.02. The zero-order valence-corrected chi connectivity index (χ0v) is 14.1. The molecule has 0 unspecified atom stereocenters. The van der Waals surface area contributed by atoms with E-state index in [2.05, 4.69) is 37.9 Å². The van der Waals surface area contributed by atoms with Crippen LogP contribution in [-0.4, -0.2) is 16.5 Å². The molecule has 1 heterocycles. The van der Waals surface area contributed by atoms with Gasteiger partial charge in [-0.15, -0.1) is 0 Å². The highest BCUT2D eigenvalue weighted by atomic mass is 127. The van der Waals surface area contributed by atoms with Crippen molar-refractivity contribution in [2.24, 2.45) is 0 Å². The monoisotopic (exact) mass is 407 g/mol. The zero-order chi connectivity index (χ0) is 14.0. The van der Waals surface area contributed by atoms with Crippen molar-refractivity contribution in [3.8, 4) is 11.4 Å². The molecule has 0 bridgehead atoms. The van der Waals surface area contributed by atoms with E-state index in [1.165, 1.54) is 0 Å². The fourth-order valence-electron chi connectivity index (χ4n) is 1.66. The van der Waals surface area contributed by atoms with Crippen LogP contribution in [0.15, 0.2) is 18.2 Å². The number of nitrogens with one attached hydrogen (secondary N) is 1. The molecule has 0 spiro atoms. The number of aryl methyl sites for hydroxylation is 1. The van der Waals surface area contributed by atoms with Crippen LogP contribution in [0.5, 0.6) is 0 Å². The molecule has 0 saturated carbocycles. The lowest BCUT2D eigenvalue weighted by Crippen LogP contribution is -2.06. The number of halogens is 3. The molecule has 0 radical (unpaired) electrons. The van der Waals surface area contributed by atoms with E-state index in [4.69, 9.17) is 23.2 Å². The standard InChI is InChI=1S/C13H12Cl2IN3/c1-3-17-13-11(16)7(2)18-12(19-13)8-4-9(14)6-10(15)5-8/h4-6H,3H2,1-2H3,(H,17,18,19). The van der Waals surface area contributed by atoms with Crippen LogP contribution < -0.4 is 5.32 Å². The highest BCUT2D eigenvalue weighted by Gasteiger charge is 2.11. The number of hydrogen-bond acceptors (Lipinski definition) is 3. The summed E-state index contributed by atoms with van der Waals surface area (Å²) in [5.41, 5.74) is 1.74. The van der Waals surface area contributed by atoms with E-state index in [9.17, 15) is 0 Å². The SMILES string of the molecule is CCNc1nc(-c2cc(Cl)cc(Cl)c2)nc(C)c1I. The average molecular weight is 408 g/mol. The lowest BCUT2D eigenvalue weighted by atomic mass is 10.2. The van der Waals surface area contributed by atoms with Crippen molar-refractivity contribution >= 4 is 51.6 Å². The highest BCUT2D eigenvalue weighted by molar-refractivity contribution is 14.1. The first kappa shape index (κ1) is 14.8. The highest BCUT2D eigenvalue weighted by Crippen LogP contribution is 2.28. The van der Waals surface area contributed by atoms with Crippen molar-refractivity contribution in [2.75, 3.05) is 11.9 Å². The molecule has 3 nitrogen and oxygen atoms in total. The number of hydrogen-bond donors (Lipinski definition) is 1. The van der Waals surface area contributed by atoms with Crippen LogP contribution in [-0.2, 0) is 0 Å². The minimum atomic E-state index is 0.576. The Morgan fingerprint density at radius 1 is 1.16 bits per heavy atom. The fourth-order valence-corrected chi connectivity index (χ4v) is 2.61. The molecular formula is C13H12Cl2IN3. The first-order chi connectivity index (χ1) is 9.01.